The second-order valence-electron chi connectivity index (χ2n) is 6.98. The number of rotatable bonds is 12. The van der Waals surface area contributed by atoms with Crippen LogP contribution in [-0.2, 0) is 9.53 Å². The van der Waals surface area contributed by atoms with Gasteiger partial charge in [-0.1, -0.05) is 51.3 Å². The zero-order chi connectivity index (χ0) is 21.6. The van der Waals surface area contributed by atoms with E-state index in [4.69, 9.17) is 9.47 Å². The number of nitrogens with one attached hydrogen (secondary N) is 1. The van der Waals surface area contributed by atoms with Gasteiger partial charge in [-0.3, -0.25) is 4.79 Å². The van der Waals surface area contributed by atoms with Gasteiger partial charge in [0.25, 0.3) is 0 Å². The number of para-hydroxylation sites is 1. The van der Waals surface area contributed by atoms with Crippen LogP contribution in [0.3, 0.4) is 0 Å². The highest BCUT2D eigenvalue weighted by molar-refractivity contribution is 6.02. The van der Waals surface area contributed by atoms with Crippen molar-refractivity contribution in [2.75, 3.05) is 18.5 Å². The quantitative estimate of drug-likeness (QED) is 0.271. The number of unbranched alkanes of at least 4 members (excludes halogenated alkanes) is 3. The van der Waals surface area contributed by atoms with Crippen molar-refractivity contribution in [1.29, 1.82) is 0 Å². The van der Waals surface area contributed by atoms with Gasteiger partial charge in [-0.15, -0.1) is 0 Å². The molecule has 5 nitrogen and oxygen atoms in total. The number of carbonyl (C=O) groups excluding carboxylic acids is 2. The summed E-state index contributed by atoms with van der Waals surface area (Å²) >= 11 is 0. The van der Waals surface area contributed by atoms with Gasteiger partial charge in [0.1, 0.15) is 5.75 Å². The Morgan fingerprint density at radius 3 is 2.37 bits per heavy atom. The predicted molar refractivity (Wildman–Crippen MR) is 121 cm³/mol. The minimum absolute atomic E-state index is 0.256. The molecule has 0 aromatic heterocycles. The molecule has 2 rings (SSSR count). The van der Waals surface area contributed by atoms with Crippen molar-refractivity contribution >= 4 is 23.6 Å². The van der Waals surface area contributed by atoms with Crippen molar-refractivity contribution in [3.8, 4) is 5.75 Å². The van der Waals surface area contributed by atoms with Crippen LogP contribution >= 0.6 is 0 Å². The number of ether oxygens (including phenoxy) is 2. The van der Waals surface area contributed by atoms with Crippen molar-refractivity contribution in [2.45, 2.75) is 46.0 Å². The first-order valence-electron chi connectivity index (χ1n) is 10.6. The molecule has 0 atom stereocenters. The molecule has 0 fully saturated rings. The second kappa shape index (κ2) is 13.2. The fraction of sp³-hybridized carbons (Fsp3) is 0.360. The van der Waals surface area contributed by atoms with E-state index in [0.717, 1.165) is 43.4 Å². The topological polar surface area (TPSA) is 64.6 Å². The molecular weight excluding hydrogens is 378 g/mol. The van der Waals surface area contributed by atoms with Crippen molar-refractivity contribution in [3.63, 3.8) is 0 Å². The maximum Gasteiger partial charge on any atom is 0.338 e. The first-order chi connectivity index (χ1) is 14.6. The van der Waals surface area contributed by atoms with E-state index in [1.54, 1.807) is 30.3 Å². The van der Waals surface area contributed by atoms with Crippen LogP contribution in [0.5, 0.6) is 5.75 Å². The SMILES string of the molecule is CCCCCOC(=O)c1ccc(NC(=O)/C=C/c2ccccc2OCCCC)cc1. The lowest BCUT2D eigenvalue weighted by molar-refractivity contribution is -0.111. The van der Waals surface area contributed by atoms with Gasteiger partial charge in [-0.05, 0) is 49.2 Å². The third-order valence-corrected chi connectivity index (χ3v) is 4.46. The van der Waals surface area contributed by atoms with Crippen LogP contribution in [0.4, 0.5) is 5.69 Å². The van der Waals surface area contributed by atoms with E-state index < -0.39 is 0 Å². The van der Waals surface area contributed by atoms with E-state index in [-0.39, 0.29) is 11.9 Å². The van der Waals surface area contributed by atoms with Crippen molar-refractivity contribution < 1.29 is 19.1 Å². The van der Waals surface area contributed by atoms with Crippen LogP contribution in [0, 0.1) is 0 Å². The second-order valence-corrected chi connectivity index (χ2v) is 6.98. The van der Waals surface area contributed by atoms with Crippen LogP contribution in [0.25, 0.3) is 6.08 Å². The smallest absolute Gasteiger partial charge is 0.338 e. The Bertz CT molecular complexity index is 827. The standard InChI is InChI=1S/C25H31NO4/c1-3-5-9-19-30-25(28)21-12-15-22(16-13-21)26-24(27)17-14-20-10-7-8-11-23(20)29-18-6-4-2/h7-8,10-17H,3-6,9,18-19H2,1-2H3,(H,26,27)/b17-14+. The summed E-state index contributed by atoms with van der Waals surface area (Å²) in [6.45, 7) is 5.30. The van der Waals surface area contributed by atoms with E-state index in [1.165, 1.54) is 6.08 Å². The number of amides is 1. The summed E-state index contributed by atoms with van der Waals surface area (Å²) < 4.78 is 11.0. The molecule has 160 valence electrons. The monoisotopic (exact) mass is 409 g/mol. The zero-order valence-electron chi connectivity index (χ0n) is 17.9. The summed E-state index contributed by atoms with van der Waals surface area (Å²) in [6, 6.07) is 14.3. The number of hydrogen-bond donors (Lipinski definition) is 1. The number of carbonyl (C=O) groups is 2. The van der Waals surface area contributed by atoms with Gasteiger partial charge in [-0.25, -0.2) is 4.79 Å². The summed E-state index contributed by atoms with van der Waals surface area (Å²) in [5, 5.41) is 2.79. The van der Waals surface area contributed by atoms with Crippen molar-refractivity contribution in [1.82, 2.24) is 0 Å². The fourth-order valence-electron chi connectivity index (χ4n) is 2.72. The third kappa shape index (κ3) is 8.11. The van der Waals surface area contributed by atoms with Gasteiger partial charge in [0.15, 0.2) is 0 Å². The lowest BCUT2D eigenvalue weighted by Crippen LogP contribution is -2.09. The first kappa shape index (κ1) is 23.2. The van der Waals surface area contributed by atoms with Crippen LogP contribution in [-0.4, -0.2) is 25.1 Å². The number of hydrogen-bond acceptors (Lipinski definition) is 4. The minimum atomic E-state index is -0.344. The summed E-state index contributed by atoms with van der Waals surface area (Å²) in [7, 11) is 0. The molecule has 30 heavy (non-hydrogen) atoms. The summed E-state index contributed by atoms with van der Waals surface area (Å²) in [5.74, 6) is 0.161. The molecule has 0 bridgehead atoms. The Labute approximate surface area is 179 Å². The molecule has 0 spiro atoms. The number of benzene rings is 2. The first-order valence-corrected chi connectivity index (χ1v) is 10.6. The molecule has 1 N–H and O–H groups in total. The van der Waals surface area contributed by atoms with Crippen LogP contribution in [0.2, 0.25) is 0 Å². The normalized spacial score (nSPS) is 10.7. The van der Waals surface area contributed by atoms with Crippen LogP contribution in [0.1, 0.15) is 61.9 Å². The average Bonchev–Trinajstić information content (AvgIpc) is 2.76. The third-order valence-electron chi connectivity index (χ3n) is 4.46. The molecule has 5 heteroatoms. The van der Waals surface area contributed by atoms with E-state index in [2.05, 4.69) is 19.2 Å². The van der Waals surface area contributed by atoms with Gasteiger partial charge >= 0.3 is 5.97 Å². The van der Waals surface area contributed by atoms with E-state index in [1.807, 2.05) is 24.3 Å². The van der Waals surface area contributed by atoms with E-state index in [9.17, 15) is 9.59 Å². The number of anilines is 1. The highest BCUT2D eigenvalue weighted by Crippen LogP contribution is 2.20. The molecule has 0 unspecified atom stereocenters. The van der Waals surface area contributed by atoms with Crippen LogP contribution in [0.15, 0.2) is 54.6 Å². The highest BCUT2D eigenvalue weighted by atomic mass is 16.5. The van der Waals surface area contributed by atoms with Gasteiger partial charge in [0.2, 0.25) is 5.91 Å². The highest BCUT2D eigenvalue weighted by Gasteiger charge is 2.07. The predicted octanol–water partition coefficient (Wildman–Crippen LogP) is 5.86. The molecule has 0 radical (unpaired) electrons. The summed E-state index contributed by atoms with van der Waals surface area (Å²) in [4.78, 5) is 24.2. The van der Waals surface area contributed by atoms with Gasteiger partial charge in [-0.2, -0.15) is 0 Å². The maximum atomic E-state index is 12.2. The molecule has 0 aliphatic heterocycles. The molecule has 0 aliphatic carbocycles. The zero-order valence-corrected chi connectivity index (χ0v) is 17.9. The fourth-order valence-corrected chi connectivity index (χ4v) is 2.72. The van der Waals surface area contributed by atoms with Crippen LogP contribution < -0.4 is 10.1 Å². The van der Waals surface area contributed by atoms with E-state index in [0.29, 0.717) is 24.5 Å². The molecule has 0 heterocycles. The number of esters is 1. The molecule has 1 amide bonds. The molecular formula is C25H31NO4. The minimum Gasteiger partial charge on any atom is -0.493 e. The molecule has 2 aromatic rings. The molecule has 0 saturated heterocycles. The Morgan fingerprint density at radius 2 is 1.63 bits per heavy atom. The lowest BCUT2D eigenvalue weighted by atomic mass is 10.2. The Balaban J connectivity index is 1.88. The van der Waals surface area contributed by atoms with Gasteiger partial charge in [0.05, 0.1) is 18.8 Å². The largest absolute Gasteiger partial charge is 0.493 e. The maximum absolute atomic E-state index is 12.2. The van der Waals surface area contributed by atoms with Crippen molar-refractivity contribution in [2.24, 2.45) is 0 Å². The van der Waals surface area contributed by atoms with Crippen molar-refractivity contribution in [3.05, 3.63) is 65.7 Å². The molecule has 0 aliphatic rings. The Kier molecular flexibility index (Phi) is 10.2. The van der Waals surface area contributed by atoms with E-state index >= 15 is 0 Å². The lowest BCUT2D eigenvalue weighted by Gasteiger charge is -2.08. The Morgan fingerprint density at radius 1 is 0.900 bits per heavy atom. The summed E-state index contributed by atoms with van der Waals surface area (Å²) in [5.41, 5.74) is 1.93. The van der Waals surface area contributed by atoms with Gasteiger partial charge < -0.3 is 14.8 Å². The Hall–Kier alpha value is -3.08. The molecule has 0 saturated carbocycles. The van der Waals surface area contributed by atoms with Gasteiger partial charge in [0, 0.05) is 17.3 Å². The summed E-state index contributed by atoms with van der Waals surface area (Å²) in [6.07, 6.45) is 8.25. The molecule has 2 aromatic carbocycles. The average molecular weight is 410 g/mol.